The average molecular weight is 432 g/mol. The van der Waals surface area contributed by atoms with Crippen molar-refractivity contribution in [3.8, 4) is 28.7 Å². The van der Waals surface area contributed by atoms with Crippen molar-refractivity contribution in [3.05, 3.63) is 41.5 Å². The van der Waals surface area contributed by atoms with Gasteiger partial charge in [-0.1, -0.05) is 6.07 Å². The third-order valence-electron chi connectivity index (χ3n) is 4.64. The number of carbonyl (C=O) groups excluding carboxylic acids is 2. The van der Waals surface area contributed by atoms with Gasteiger partial charge in [0.2, 0.25) is 18.4 Å². The van der Waals surface area contributed by atoms with E-state index >= 15 is 0 Å². The molecule has 2 aromatic carbocycles. The maximum Gasteiger partial charge on any atom is 0.252 e. The van der Waals surface area contributed by atoms with Gasteiger partial charge in [0.25, 0.3) is 5.91 Å². The molecule has 2 aromatic rings. The lowest BCUT2D eigenvalue weighted by molar-refractivity contribution is -0.124. The number of carbonyl (C=O) groups is 2. The molecule has 0 aliphatic carbocycles. The number of aliphatic hydroxyl groups is 1. The van der Waals surface area contributed by atoms with E-state index in [1.54, 1.807) is 18.2 Å². The van der Waals surface area contributed by atoms with Gasteiger partial charge in [-0.2, -0.15) is 0 Å². The van der Waals surface area contributed by atoms with Crippen LogP contribution in [0.25, 0.3) is 0 Å². The molecule has 2 amide bonds. The SMILES string of the molecule is COc1cc(C(=O)NC(CO)C(=O)NCc2ccc3c(c2)OCO3)cc(OC)c1OC. The van der Waals surface area contributed by atoms with E-state index in [9.17, 15) is 14.7 Å². The number of rotatable bonds is 9. The molecule has 0 saturated heterocycles. The minimum absolute atomic E-state index is 0.157. The van der Waals surface area contributed by atoms with Crippen molar-refractivity contribution in [1.29, 1.82) is 0 Å². The average Bonchev–Trinajstić information content (AvgIpc) is 3.27. The predicted molar refractivity (Wildman–Crippen MR) is 109 cm³/mol. The van der Waals surface area contributed by atoms with Crippen LogP contribution in [-0.4, -0.2) is 57.7 Å². The number of methoxy groups -OCH3 is 3. The third kappa shape index (κ3) is 4.92. The number of amides is 2. The second kappa shape index (κ2) is 9.90. The summed E-state index contributed by atoms with van der Waals surface area (Å²) in [6, 6.07) is 7.05. The Morgan fingerprint density at radius 1 is 1.03 bits per heavy atom. The molecule has 1 aliphatic rings. The number of hydrogen-bond acceptors (Lipinski definition) is 8. The molecule has 1 aliphatic heterocycles. The Morgan fingerprint density at radius 3 is 2.32 bits per heavy atom. The van der Waals surface area contributed by atoms with E-state index in [2.05, 4.69) is 10.6 Å². The van der Waals surface area contributed by atoms with Crippen molar-refractivity contribution in [2.45, 2.75) is 12.6 Å². The van der Waals surface area contributed by atoms with Crippen LogP contribution in [0.1, 0.15) is 15.9 Å². The van der Waals surface area contributed by atoms with E-state index < -0.39 is 24.5 Å². The van der Waals surface area contributed by atoms with E-state index in [1.807, 2.05) is 0 Å². The van der Waals surface area contributed by atoms with Crippen LogP contribution in [-0.2, 0) is 11.3 Å². The fourth-order valence-corrected chi connectivity index (χ4v) is 3.01. The highest BCUT2D eigenvalue weighted by Crippen LogP contribution is 2.38. The second-order valence-corrected chi connectivity index (χ2v) is 6.53. The van der Waals surface area contributed by atoms with Crippen LogP contribution in [0.15, 0.2) is 30.3 Å². The molecule has 0 saturated carbocycles. The number of nitrogens with one attached hydrogen (secondary N) is 2. The molecule has 31 heavy (non-hydrogen) atoms. The molecule has 0 spiro atoms. The minimum atomic E-state index is -1.15. The van der Waals surface area contributed by atoms with Gasteiger partial charge in [-0.3, -0.25) is 9.59 Å². The van der Waals surface area contributed by atoms with Gasteiger partial charge >= 0.3 is 0 Å². The van der Waals surface area contributed by atoms with Gasteiger partial charge in [-0.25, -0.2) is 0 Å². The molecule has 3 N–H and O–H groups in total. The van der Waals surface area contributed by atoms with Crippen molar-refractivity contribution in [1.82, 2.24) is 10.6 Å². The van der Waals surface area contributed by atoms with Gasteiger partial charge in [0, 0.05) is 12.1 Å². The highest BCUT2D eigenvalue weighted by Gasteiger charge is 2.23. The Morgan fingerprint density at radius 2 is 1.71 bits per heavy atom. The fraction of sp³-hybridized carbons (Fsp3) is 0.333. The summed E-state index contributed by atoms with van der Waals surface area (Å²) in [4.78, 5) is 25.2. The molecule has 0 aromatic heterocycles. The zero-order valence-electron chi connectivity index (χ0n) is 17.4. The summed E-state index contributed by atoms with van der Waals surface area (Å²) >= 11 is 0. The normalized spacial score (nSPS) is 12.6. The van der Waals surface area contributed by atoms with Gasteiger partial charge in [0.05, 0.1) is 27.9 Å². The molecule has 0 radical (unpaired) electrons. The number of ether oxygens (including phenoxy) is 5. The van der Waals surface area contributed by atoms with Crippen LogP contribution >= 0.6 is 0 Å². The molecule has 10 heteroatoms. The van der Waals surface area contributed by atoms with Gasteiger partial charge in [0.15, 0.2) is 23.0 Å². The molecule has 166 valence electrons. The first-order chi connectivity index (χ1) is 15.0. The summed E-state index contributed by atoms with van der Waals surface area (Å²) in [5.41, 5.74) is 0.960. The number of aliphatic hydroxyl groups excluding tert-OH is 1. The van der Waals surface area contributed by atoms with Gasteiger partial charge in [-0.05, 0) is 29.8 Å². The maximum absolute atomic E-state index is 12.7. The Bertz CT molecular complexity index is 937. The Kier molecular flexibility index (Phi) is 7.03. The predicted octanol–water partition coefficient (Wildman–Crippen LogP) is 0.848. The van der Waals surface area contributed by atoms with Crippen LogP contribution in [0.5, 0.6) is 28.7 Å². The molecule has 1 unspecified atom stereocenters. The zero-order valence-corrected chi connectivity index (χ0v) is 17.4. The Balaban J connectivity index is 1.65. The van der Waals surface area contributed by atoms with Crippen molar-refractivity contribution in [3.63, 3.8) is 0 Å². The Hall–Kier alpha value is -3.66. The lowest BCUT2D eigenvalue weighted by Crippen LogP contribution is -2.48. The van der Waals surface area contributed by atoms with Crippen LogP contribution in [0.3, 0.4) is 0 Å². The topological polar surface area (TPSA) is 125 Å². The van der Waals surface area contributed by atoms with Crippen LogP contribution in [0, 0.1) is 0 Å². The standard InChI is InChI=1S/C21H24N2O8/c1-27-17-7-13(8-18(28-2)19(17)29-3)20(25)23-14(10-24)21(26)22-9-12-4-5-15-16(6-12)31-11-30-15/h4-8,14,24H,9-11H2,1-3H3,(H,22,26)(H,23,25). The van der Waals surface area contributed by atoms with Crippen molar-refractivity contribution >= 4 is 11.8 Å². The van der Waals surface area contributed by atoms with E-state index in [-0.39, 0.29) is 18.9 Å². The van der Waals surface area contributed by atoms with Crippen molar-refractivity contribution < 1.29 is 38.4 Å². The summed E-state index contributed by atoms with van der Waals surface area (Å²) in [6.45, 7) is -0.236. The summed E-state index contributed by atoms with van der Waals surface area (Å²) in [6.07, 6.45) is 0. The molecule has 0 bridgehead atoms. The number of benzene rings is 2. The summed E-state index contributed by atoms with van der Waals surface area (Å²) in [7, 11) is 4.31. The third-order valence-corrected chi connectivity index (χ3v) is 4.64. The van der Waals surface area contributed by atoms with E-state index in [1.165, 1.54) is 33.5 Å². The second-order valence-electron chi connectivity index (χ2n) is 6.53. The molecule has 10 nitrogen and oxygen atoms in total. The lowest BCUT2D eigenvalue weighted by Gasteiger charge is -2.18. The number of fused-ring (bicyclic) bond motifs is 1. The molecule has 1 atom stereocenters. The molecule has 1 heterocycles. The molecule has 3 rings (SSSR count). The summed E-state index contributed by atoms with van der Waals surface area (Å²) < 4.78 is 26.3. The van der Waals surface area contributed by atoms with E-state index in [0.717, 1.165) is 5.56 Å². The Labute approximate surface area is 179 Å². The number of hydrogen-bond donors (Lipinski definition) is 3. The fourth-order valence-electron chi connectivity index (χ4n) is 3.01. The minimum Gasteiger partial charge on any atom is -0.493 e. The van der Waals surface area contributed by atoms with E-state index in [4.69, 9.17) is 23.7 Å². The molecular weight excluding hydrogens is 408 g/mol. The van der Waals surface area contributed by atoms with Crippen LogP contribution in [0.4, 0.5) is 0 Å². The van der Waals surface area contributed by atoms with E-state index in [0.29, 0.717) is 28.7 Å². The van der Waals surface area contributed by atoms with Gasteiger partial charge in [-0.15, -0.1) is 0 Å². The highest BCUT2D eigenvalue weighted by atomic mass is 16.7. The van der Waals surface area contributed by atoms with Crippen molar-refractivity contribution in [2.24, 2.45) is 0 Å². The summed E-state index contributed by atoms with van der Waals surface area (Å²) in [5.74, 6) is 1.03. The largest absolute Gasteiger partial charge is 0.493 e. The monoisotopic (exact) mass is 432 g/mol. The maximum atomic E-state index is 12.7. The zero-order chi connectivity index (χ0) is 22.4. The molecular formula is C21H24N2O8. The van der Waals surface area contributed by atoms with Gasteiger partial charge in [0.1, 0.15) is 6.04 Å². The van der Waals surface area contributed by atoms with Gasteiger partial charge < -0.3 is 39.4 Å². The lowest BCUT2D eigenvalue weighted by atomic mass is 10.1. The van der Waals surface area contributed by atoms with Crippen molar-refractivity contribution in [2.75, 3.05) is 34.7 Å². The highest BCUT2D eigenvalue weighted by molar-refractivity contribution is 5.98. The first-order valence-corrected chi connectivity index (χ1v) is 9.38. The summed E-state index contributed by atoms with van der Waals surface area (Å²) in [5, 5.41) is 14.8. The van der Waals surface area contributed by atoms with Crippen LogP contribution < -0.4 is 34.3 Å². The first-order valence-electron chi connectivity index (χ1n) is 9.38. The first kappa shape index (κ1) is 22.0. The van der Waals surface area contributed by atoms with Crippen LogP contribution in [0.2, 0.25) is 0 Å². The smallest absolute Gasteiger partial charge is 0.252 e. The quantitative estimate of drug-likeness (QED) is 0.533. The molecule has 0 fully saturated rings.